The fourth-order valence-electron chi connectivity index (χ4n) is 5.14. The van der Waals surface area contributed by atoms with Gasteiger partial charge in [0.15, 0.2) is 49.2 Å². The maximum atomic E-state index is 12.2. The molecule has 0 spiro atoms. The van der Waals surface area contributed by atoms with Gasteiger partial charge in [0, 0.05) is 41.5 Å². The summed E-state index contributed by atoms with van der Waals surface area (Å²) in [6.45, 7) is 12.0. The van der Waals surface area contributed by atoms with Gasteiger partial charge in [0.1, 0.15) is 6.10 Å². The molecule has 0 unspecified atom stereocenters. The molecule has 2 fully saturated rings. The van der Waals surface area contributed by atoms with Crippen molar-refractivity contribution in [2.45, 2.75) is 130 Å². The minimum absolute atomic E-state index is 0.0174. The first-order valence-electron chi connectivity index (χ1n) is 15.8. The molecule has 16 heteroatoms. The highest BCUT2D eigenvalue weighted by molar-refractivity contribution is 5.69. The second-order valence-electron chi connectivity index (χ2n) is 11.8. The minimum Gasteiger partial charge on any atom is -0.456 e. The van der Waals surface area contributed by atoms with Gasteiger partial charge in [-0.2, -0.15) is 0 Å². The Balaban J connectivity index is 2.42. The Labute approximate surface area is 285 Å². The maximum Gasteiger partial charge on any atom is 0.303 e. The molecular formula is C33H48O16. The summed E-state index contributed by atoms with van der Waals surface area (Å²) in [6, 6.07) is 0. The molecule has 0 N–H and O–H groups in total. The van der Waals surface area contributed by atoms with Crippen molar-refractivity contribution in [3.8, 4) is 0 Å². The molecule has 0 aromatic rings. The van der Waals surface area contributed by atoms with Gasteiger partial charge >= 0.3 is 35.8 Å². The van der Waals surface area contributed by atoms with E-state index in [1.165, 1.54) is 5.57 Å². The van der Waals surface area contributed by atoms with Crippen LogP contribution in [0.1, 0.15) is 75.2 Å². The van der Waals surface area contributed by atoms with E-state index >= 15 is 0 Å². The van der Waals surface area contributed by atoms with Crippen LogP contribution in [0, 0.1) is 0 Å². The summed E-state index contributed by atoms with van der Waals surface area (Å²) >= 11 is 0. The van der Waals surface area contributed by atoms with Gasteiger partial charge in [0.2, 0.25) is 0 Å². The van der Waals surface area contributed by atoms with Crippen molar-refractivity contribution in [1.82, 2.24) is 0 Å². The largest absolute Gasteiger partial charge is 0.456 e. The molecule has 2 aliphatic heterocycles. The molecule has 16 nitrogen and oxygen atoms in total. The lowest BCUT2D eigenvalue weighted by atomic mass is 9.98. The lowest BCUT2D eigenvalue weighted by Gasteiger charge is -2.45. The van der Waals surface area contributed by atoms with Gasteiger partial charge < -0.3 is 47.4 Å². The molecule has 9 atom stereocenters. The van der Waals surface area contributed by atoms with Gasteiger partial charge in [-0.1, -0.05) is 23.3 Å². The third-order valence-electron chi connectivity index (χ3n) is 7.01. The highest BCUT2D eigenvalue weighted by Crippen LogP contribution is 2.32. The van der Waals surface area contributed by atoms with Crippen LogP contribution in [0.25, 0.3) is 0 Å². The molecule has 276 valence electrons. The standard InChI is InChI=1S/C33H48O16/c1-17(2)11-10-12-18(3)13-14-40-33-31(48-24(9)39)29(46-22(7)37)27(44-20(5)35)26(49-33)16-42-32-30(47-23(8)38)28(45-21(6)36)25(15-41-32)43-19(4)34/h11,13,25-33H,10,12,14-16H2,1-9H3/b18-13+/t25-,26+,27+,28-,29-,30+,31+,32-,33+/m0/s1. The zero-order chi connectivity index (χ0) is 36.8. The average molecular weight is 701 g/mol. The fraction of sp³-hybridized carbons (Fsp3) is 0.697. The number of carbonyl (C=O) groups is 6. The van der Waals surface area contributed by atoms with Crippen LogP contribution in [0.2, 0.25) is 0 Å². The van der Waals surface area contributed by atoms with E-state index in [1.807, 2.05) is 26.8 Å². The van der Waals surface area contributed by atoms with Crippen molar-refractivity contribution in [3.63, 3.8) is 0 Å². The summed E-state index contributed by atoms with van der Waals surface area (Å²) in [5, 5.41) is 0. The third kappa shape index (κ3) is 14.3. The normalized spacial score (nSPS) is 28.3. The van der Waals surface area contributed by atoms with Gasteiger partial charge in [0.05, 0.1) is 19.8 Å². The number of carbonyl (C=O) groups excluding carboxylic acids is 6. The summed E-state index contributed by atoms with van der Waals surface area (Å²) in [7, 11) is 0. The molecule has 2 rings (SSSR count). The highest BCUT2D eigenvalue weighted by Gasteiger charge is 2.54. The van der Waals surface area contributed by atoms with Crippen LogP contribution in [0.3, 0.4) is 0 Å². The second kappa shape index (κ2) is 20.0. The van der Waals surface area contributed by atoms with Crippen LogP contribution < -0.4 is 0 Å². The van der Waals surface area contributed by atoms with E-state index in [0.717, 1.165) is 60.0 Å². The summed E-state index contributed by atoms with van der Waals surface area (Å²) in [5.41, 5.74) is 2.21. The van der Waals surface area contributed by atoms with E-state index in [9.17, 15) is 28.8 Å². The molecule has 49 heavy (non-hydrogen) atoms. The first kappa shape index (κ1) is 41.3. The second-order valence-corrected chi connectivity index (χ2v) is 11.8. The quantitative estimate of drug-likeness (QED) is 0.137. The number of ether oxygens (including phenoxy) is 10. The van der Waals surface area contributed by atoms with Crippen molar-refractivity contribution < 1.29 is 76.1 Å². The maximum absolute atomic E-state index is 12.2. The van der Waals surface area contributed by atoms with E-state index in [1.54, 1.807) is 0 Å². The van der Waals surface area contributed by atoms with Crippen LogP contribution in [0.4, 0.5) is 0 Å². The van der Waals surface area contributed by atoms with Gasteiger partial charge in [-0.05, 0) is 33.6 Å². The smallest absolute Gasteiger partial charge is 0.303 e. The molecule has 0 aliphatic carbocycles. The van der Waals surface area contributed by atoms with Gasteiger partial charge in [-0.15, -0.1) is 0 Å². The Morgan fingerprint density at radius 1 is 0.571 bits per heavy atom. The van der Waals surface area contributed by atoms with E-state index in [2.05, 4.69) is 6.08 Å². The lowest BCUT2D eigenvalue weighted by Crippen LogP contribution is -2.63. The Kier molecular flexibility index (Phi) is 16.8. The molecular weight excluding hydrogens is 652 g/mol. The lowest BCUT2D eigenvalue weighted by molar-refractivity contribution is -0.323. The first-order valence-corrected chi connectivity index (χ1v) is 15.8. The molecule has 0 amide bonds. The summed E-state index contributed by atoms with van der Waals surface area (Å²) in [5.74, 6) is -4.55. The van der Waals surface area contributed by atoms with Gasteiger partial charge in [-0.25, -0.2) is 0 Å². The number of hydrogen-bond donors (Lipinski definition) is 0. The molecule has 0 aromatic carbocycles. The molecule has 0 bridgehead atoms. The van der Waals surface area contributed by atoms with Crippen LogP contribution in [0.5, 0.6) is 0 Å². The Bertz CT molecular complexity index is 1240. The zero-order valence-corrected chi connectivity index (χ0v) is 29.4. The van der Waals surface area contributed by atoms with Crippen molar-refractivity contribution >= 4 is 35.8 Å². The number of rotatable bonds is 15. The topological polar surface area (TPSA) is 195 Å². The highest BCUT2D eigenvalue weighted by atomic mass is 16.8. The van der Waals surface area contributed by atoms with Crippen LogP contribution >= 0.6 is 0 Å². The van der Waals surface area contributed by atoms with Crippen molar-refractivity contribution in [2.75, 3.05) is 19.8 Å². The van der Waals surface area contributed by atoms with Crippen LogP contribution in [-0.2, 0) is 76.1 Å². The minimum atomic E-state index is -1.42. The molecule has 0 saturated carbocycles. The van der Waals surface area contributed by atoms with E-state index in [0.29, 0.717) is 0 Å². The molecule has 2 aliphatic rings. The Morgan fingerprint density at radius 3 is 1.59 bits per heavy atom. The Morgan fingerprint density at radius 2 is 1.06 bits per heavy atom. The fourth-order valence-corrected chi connectivity index (χ4v) is 5.14. The van der Waals surface area contributed by atoms with E-state index in [4.69, 9.17) is 47.4 Å². The van der Waals surface area contributed by atoms with E-state index < -0.39 is 97.7 Å². The molecule has 2 saturated heterocycles. The third-order valence-corrected chi connectivity index (χ3v) is 7.01. The first-order chi connectivity index (χ1) is 23.0. The number of allylic oxidation sites excluding steroid dienone is 3. The molecule has 0 aromatic heterocycles. The number of esters is 6. The van der Waals surface area contributed by atoms with Gasteiger partial charge in [-0.3, -0.25) is 28.8 Å². The number of hydrogen-bond acceptors (Lipinski definition) is 16. The average Bonchev–Trinajstić information content (AvgIpc) is 2.95. The van der Waals surface area contributed by atoms with Crippen molar-refractivity contribution in [1.29, 1.82) is 0 Å². The zero-order valence-electron chi connectivity index (χ0n) is 29.4. The molecule has 2 heterocycles. The van der Waals surface area contributed by atoms with Crippen molar-refractivity contribution in [2.24, 2.45) is 0 Å². The van der Waals surface area contributed by atoms with Crippen molar-refractivity contribution in [3.05, 3.63) is 23.3 Å². The summed E-state index contributed by atoms with van der Waals surface area (Å²) < 4.78 is 56.3. The summed E-state index contributed by atoms with van der Waals surface area (Å²) in [6.07, 6.45) is -6.49. The SMILES string of the molecule is CC(=O)O[C@@H]1[C@@H](OC(C)=O)[C@H](OC/C=C(\C)CCC=C(C)C)O[C@H](CO[C@@H]2OC[C@H](OC(C)=O)[C@H](OC(C)=O)[C@H]2OC(C)=O)[C@H]1OC(C)=O. The van der Waals surface area contributed by atoms with Crippen LogP contribution in [0.15, 0.2) is 23.3 Å². The molecule has 0 radical (unpaired) electrons. The van der Waals surface area contributed by atoms with E-state index in [-0.39, 0.29) is 13.2 Å². The monoisotopic (exact) mass is 700 g/mol. The predicted octanol–water partition coefficient (Wildman–Crippen LogP) is 2.38. The summed E-state index contributed by atoms with van der Waals surface area (Å²) in [4.78, 5) is 72.4. The Hall–Kier alpha value is -3.86. The predicted molar refractivity (Wildman–Crippen MR) is 166 cm³/mol. The van der Waals surface area contributed by atoms with Crippen LogP contribution in [-0.4, -0.2) is 111 Å². The van der Waals surface area contributed by atoms with Gasteiger partial charge in [0.25, 0.3) is 0 Å².